The summed E-state index contributed by atoms with van der Waals surface area (Å²) in [4.78, 5) is 17.5. The van der Waals surface area contributed by atoms with Crippen LogP contribution < -0.4 is 0 Å². The van der Waals surface area contributed by atoms with Crippen LogP contribution in [0.2, 0.25) is 0 Å². The number of carbonyl (C=O) groups excluding carboxylic acids is 1. The lowest BCUT2D eigenvalue weighted by Crippen LogP contribution is -2.47. The first-order valence-corrected chi connectivity index (χ1v) is 8.93. The van der Waals surface area contributed by atoms with Gasteiger partial charge in [0.05, 0.1) is 13.2 Å². The van der Waals surface area contributed by atoms with E-state index in [-0.39, 0.29) is 11.7 Å². The summed E-state index contributed by atoms with van der Waals surface area (Å²) in [6.45, 7) is 7.06. The van der Waals surface area contributed by atoms with Crippen molar-refractivity contribution in [1.29, 1.82) is 0 Å². The Bertz CT molecular complexity index is 788. The second-order valence-corrected chi connectivity index (χ2v) is 7.04. The zero-order chi connectivity index (χ0) is 17.4. The van der Waals surface area contributed by atoms with Gasteiger partial charge in [-0.1, -0.05) is 31.2 Å². The fourth-order valence-corrected chi connectivity index (χ4v) is 4.12. The number of amides is 1. The minimum absolute atomic E-state index is 0.00110. The summed E-state index contributed by atoms with van der Waals surface area (Å²) in [5.41, 5.74) is 0.590. The van der Waals surface area contributed by atoms with E-state index in [2.05, 4.69) is 11.8 Å². The van der Waals surface area contributed by atoms with E-state index in [9.17, 15) is 9.18 Å². The quantitative estimate of drug-likeness (QED) is 0.841. The number of ether oxygens (including phenoxy) is 1. The average molecular weight is 342 g/mol. The molecular formula is C20H23FN2O2. The molecule has 2 aromatic rings. The van der Waals surface area contributed by atoms with Crippen molar-refractivity contribution in [2.24, 2.45) is 5.92 Å². The summed E-state index contributed by atoms with van der Waals surface area (Å²) in [5.74, 6) is 0.140. The molecule has 0 aliphatic carbocycles. The molecule has 0 spiro atoms. The monoisotopic (exact) mass is 342 g/mol. The highest BCUT2D eigenvalue weighted by Gasteiger charge is 2.37. The van der Waals surface area contributed by atoms with Gasteiger partial charge in [-0.3, -0.25) is 9.69 Å². The number of nitrogens with zero attached hydrogens (tertiary/aromatic N) is 2. The first-order valence-electron chi connectivity index (χ1n) is 8.93. The van der Waals surface area contributed by atoms with Gasteiger partial charge >= 0.3 is 0 Å². The minimum Gasteiger partial charge on any atom is -0.379 e. The summed E-state index contributed by atoms with van der Waals surface area (Å²) < 4.78 is 19.5. The van der Waals surface area contributed by atoms with E-state index in [0.717, 1.165) is 39.4 Å². The summed E-state index contributed by atoms with van der Waals surface area (Å²) in [5, 5.41) is 1.19. The highest BCUT2D eigenvalue weighted by Crippen LogP contribution is 2.27. The van der Waals surface area contributed by atoms with Crippen LogP contribution in [0.3, 0.4) is 0 Å². The van der Waals surface area contributed by atoms with Crippen LogP contribution in [0.25, 0.3) is 10.8 Å². The molecular weight excluding hydrogens is 319 g/mol. The van der Waals surface area contributed by atoms with Crippen molar-refractivity contribution in [3.8, 4) is 0 Å². The Morgan fingerprint density at radius 1 is 1.08 bits per heavy atom. The van der Waals surface area contributed by atoms with Crippen molar-refractivity contribution >= 4 is 16.7 Å². The normalized spacial score (nSPS) is 24.8. The molecule has 2 aromatic carbocycles. The highest BCUT2D eigenvalue weighted by atomic mass is 19.1. The number of morpholine rings is 1. The van der Waals surface area contributed by atoms with E-state index in [1.807, 2.05) is 17.0 Å². The Hall–Kier alpha value is -1.98. The molecule has 2 aliphatic heterocycles. The smallest absolute Gasteiger partial charge is 0.254 e. The lowest BCUT2D eigenvalue weighted by molar-refractivity contribution is 0.0119. The average Bonchev–Trinajstić information content (AvgIpc) is 3.04. The van der Waals surface area contributed by atoms with E-state index in [4.69, 9.17) is 4.74 Å². The second kappa shape index (κ2) is 6.73. The van der Waals surface area contributed by atoms with Crippen LogP contribution in [-0.4, -0.2) is 61.1 Å². The molecule has 2 saturated heterocycles. The largest absolute Gasteiger partial charge is 0.379 e. The topological polar surface area (TPSA) is 32.8 Å². The van der Waals surface area contributed by atoms with Crippen LogP contribution in [0.15, 0.2) is 36.4 Å². The van der Waals surface area contributed by atoms with E-state index in [1.54, 1.807) is 18.2 Å². The van der Waals surface area contributed by atoms with Crippen molar-refractivity contribution in [3.63, 3.8) is 0 Å². The molecule has 2 aliphatic rings. The molecule has 0 N–H and O–H groups in total. The molecule has 2 heterocycles. The molecule has 2 atom stereocenters. The lowest BCUT2D eigenvalue weighted by atomic mass is 10.0. The van der Waals surface area contributed by atoms with E-state index in [1.165, 1.54) is 6.07 Å². The number of carbonyl (C=O) groups is 1. The highest BCUT2D eigenvalue weighted by molar-refractivity contribution is 6.07. The van der Waals surface area contributed by atoms with E-state index < -0.39 is 0 Å². The van der Waals surface area contributed by atoms with Crippen molar-refractivity contribution in [2.75, 3.05) is 39.4 Å². The molecule has 0 bridgehead atoms. The summed E-state index contributed by atoms with van der Waals surface area (Å²) >= 11 is 0. The Morgan fingerprint density at radius 2 is 1.80 bits per heavy atom. The molecule has 4 rings (SSSR count). The zero-order valence-electron chi connectivity index (χ0n) is 14.5. The van der Waals surface area contributed by atoms with E-state index in [0.29, 0.717) is 28.3 Å². The zero-order valence-corrected chi connectivity index (χ0v) is 14.5. The molecule has 132 valence electrons. The van der Waals surface area contributed by atoms with Gasteiger partial charge in [0, 0.05) is 43.2 Å². The third kappa shape index (κ3) is 3.02. The third-order valence-electron chi connectivity index (χ3n) is 5.48. The van der Waals surface area contributed by atoms with Crippen LogP contribution in [0, 0.1) is 11.7 Å². The number of hydrogen-bond acceptors (Lipinski definition) is 3. The third-order valence-corrected chi connectivity index (χ3v) is 5.48. The van der Waals surface area contributed by atoms with Gasteiger partial charge in [-0.2, -0.15) is 0 Å². The van der Waals surface area contributed by atoms with Crippen molar-refractivity contribution < 1.29 is 13.9 Å². The van der Waals surface area contributed by atoms with Crippen molar-refractivity contribution in [2.45, 2.75) is 13.0 Å². The van der Waals surface area contributed by atoms with Crippen LogP contribution in [-0.2, 0) is 4.74 Å². The SMILES string of the molecule is CC1CN(C(=O)c2ccc(F)c3ccccc23)CC1N1CCOCC1. The Balaban J connectivity index is 1.59. The van der Waals surface area contributed by atoms with Gasteiger partial charge < -0.3 is 9.64 Å². The van der Waals surface area contributed by atoms with Crippen LogP contribution in [0.1, 0.15) is 17.3 Å². The second-order valence-electron chi connectivity index (χ2n) is 7.04. The molecule has 2 fully saturated rings. The molecule has 0 radical (unpaired) electrons. The Labute approximate surface area is 147 Å². The molecule has 0 aromatic heterocycles. The first kappa shape index (κ1) is 16.5. The number of rotatable bonds is 2. The number of hydrogen-bond donors (Lipinski definition) is 0. The first-order chi connectivity index (χ1) is 12.1. The van der Waals surface area contributed by atoms with Gasteiger partial charge in [0.2, 0.25) is 0 Å². The Morgan fingerprint density at radius 3 is 2.56 bits per heavy atom. The summed E-state index contributed by atoms with van der Waals surface area (Å²) in [6.07, 6.45) is 0. The van der Waals surface area contributed by atoms with Gasteiger partial charge in [-0.25, -0.2) is 4.39 Å². The lowest BCUT2D eigenvalue weighted by Gasteiger charge is -2.34. The number of halogens is 1. The summed E-state index contributed by atoms with van der Waals surface area (Å²) in [7, 11) is 0. The fraction of sp³-hybridized carbons (Fsp3) is 0.450. The predicted octanol–water partition coefficient (Wildman–Crippen LogP) is 2.77. The molecule has 4 nitrogen and oxygen atoms in total. The van der Waals surface area contributed by atoms with Crippen LogP contribution in [0.5, 0.6) is 0 Å². The van der Waals surface area contributed by atoms with Crippen LogP contribution in [0.4, 0.5) is 4.39 Å². The van der Waals surface area contributed by atoms with Gasteiger partial charge in [-0.15, -0.1) is 0 Å². The van der Waals surface area contributed by atoms with Gasteiger partial charge in [0.25, 0.3) is 5.91 Å². The van der Waals surface area contributed by atoms with Crippen LogP contribution >= 0.6 is 0 Å². The van der Waals surface area contributed by atoms with Gasteiger partial charge in [-0.05, 0) is 23.4 Å². The standard InChI is InChI=1S/C20H23FN2O2/c1-14-12-23(13-19(14)22-8-10-25-11-9-22)20(24)17-6-7-18(21)16-5-3-2-4-15(16)17/h2-7,14,19H,8-13H2,1H3. The molecule has 5 heteroatoms. The van der Waals surface area contributed by atoms with Crippen molar-refractivity contribution in [3.05, 3.63) is 47.8 Å². The van der Waals surface area contributed by atoms with Gasteiger partial charge in [0.1, 0.15) is 5.82 Å². The fourth-order valence-electron chi connectivity index (χ4n) is 4.12. The molecule has 1 amide bonds. The number of benzene rings is 2. The maximum Gasteiger partial charge on any atom is 0.254 e. The number of likely N-dealkylation sites (tertiary alicyclic amines) is 1. The minimum atomic E-state index is -0.284. The molecule has 0 saturated carbocycles. The van der Waals surface area contributed by atoms with Crippen molar-refractivity contribution in [1.82, 2.24) is 9.80 Å². The van der Waals surface area contributed by atoms with Gasteiger partial charge in [0.15, 0.2) is 0 Å². The summed E-state index contributed by atoms with van der Waals surface area (Å²) in [6, 6.07) is 10.6. The van der Waals surface area contributed by atoms with E-state index >= 15 is 0 Å². The molecule has 25 heavy (non-hydrogen) atoms. The maximum atomic E-state index is 14.0. The molecule has 2 unspecified atom stereocenters. The Kier molecular flexibility index (Phi) is 4.44. The maximum absolute atomic E-state index is 14.0. The number of fused-ring (bicyclic) bond motifs is 1. The predicted molar refractivity (Wildman–Crippen MR) is 95.2 cm³/mol.